The summed E-state index contributed by atoms with van der Waals surface area (Å²) < 4.78 is 14.8. The van der Waals surface area contributed by atoms with E-state index in [1.54, 1.807) is 24.3 Å². The number of furan rings is 2. The van der Waals surface area contributed by atoms with Crippen LogP contribution >= 0.6 is 47.8 Å². The third-order valence-electron chi connectivity index (χ3n) is 7.03. The number of benzene rings is 6. The van der Waals surface area contributed by atoms with Crippen LogP contribution in [0, 0.1) is 0 Å². The Bertz CT molecular complexity index is 2140. The van der Waals surface area contributed by atoms with Crippen LogP contribution in [0.2, 0.25) is 0 Å². The van der Waals surface area contributed by atoms with Crippen molar-refractivity contribution in [3.8, 4) is 11.1 Å². The van der Waals surface area contributed by atoms with Crippen LogP contribution in [0.25, 0.3) is 55.0 Å². The minimum Gasteiger partial charge on any atom is -0.456 e. The molecule has 0 amide bonds. The molecule has 0 atom stereocenters. The van der Waals surface area contributed by atoms with Crippen molar-refractivity contribution in [2.24, 2.45) is 0 Å². The molecule has 0 unspecified atom stereocenters. The fourth-order valence-electron chi connectivity index (χ4n) is 4.91. The Balaban J connectivity index is 0.000000126. The molecule has 0 spiro atoms. The minimum atomic E-state index is -1.34. The second-order valence-corrected chi connectivity index (χ2v) is 12.7. The molecule has 8 heteroatoms. The topological polar surface area (TPSA) is 66.7 Å². The fourth-order valence-corrected chi connectivity index (χ4v) is 5.99. The Kier molecular flexibility index (Phi) is 9.35. The normalized spacial score (nSPS) is 10.8. The lowest BCUT2D eigenvalue weighted by molar-refractivity contribution is 0.426. The largest absolute Gasteiger partial charge is 0.488 e. The lowest BCUT2D eigenvalue weighted by Crippen LogP contribution is -2.29. The van der Waals surface area contributed by atoms with E-state index in [1.165, 1.54) is 11.1 Å². The van der Waals surface area contributed by atoms with Gasteiger partial charge in [-0.2, -0.15) is 0 Å². The average molecular weight is 771 g/mol. The summed E-state index contributed by atoms with van der Waals surface area (Å²) in [5, 5.41) is 21.7. The highest BCUT2D eigenvalue weighted by molar-refractivity contribution is 9.11. The van der Waals surface area contributed by atoms with Gasteiger partial charge >= 0.3 is 7.12 Å². The highest BCUT2D eigenvalue weighted by Crippen LogP contribution is 2.34. The SMILES string of the molecule is Brc1ccc2oc3ccc(-c4ccccc4)cc3c2c1.Brc1ccc2oc3ccc(Br)cc3c2c1.OB(O)c1ccccc1. The quantitative estimate of drug-likeness (QED) is 0.172. The monoisotopic (exact) mass is 768 g/mol. The summed E-state index contributed by atoms with van der Waals surface area (Å²) in [7, 11) is -1.34. The standard InChI is InChI=1S/C18H11BrO.C12H6Br2O.C6H7BO2/c19-14-7-9-18-16(11-14)15-10-13(6-8-17(15)20-18)12-4-2-1-3-5-12;13-7-1-3-11-9(5-7)10-6-8(14)2-4-12(10)15-11;8-7(9)6-4-2-1-3-5-6/h1-11H;1-6H;1-5,8-9H. The Morgan fingerprint density at radius 1 is 0.409 bits per heavy atom. The minimum absolute atomic E-state index is 0.525. The third kappa shape index (κ3) is 6.85. The first-order valence-corrected chi connectivity index (χ1v) is 16.1. The first kappa shape index (κ1) is 30.4. The molecule has 0 saturated heterocycles. The van der Waals surface area contributed by atoms with E-state index in [2.05, 4.69) is 102 Å². The molecule has 0 radical (unpaired) electrons. The van der Waals surface area contributed by atoms with Crippen molar-refractivity contribution in [3.63, 3.8) is 0 Å². The van der Waals surface area contributed by atoms with Gasteiger partial charge in [0.25, 0.3) is 0 Å². The molecule has 2 N–H and O–H groups in total. The zero-order valence-corrected chi connectivity index (χ0v) is 27.9. The summed E-state index contributed by atoms with van der Waals surface area (Å²) in [5.41, 5.74) is 6.65. The molecule has 0 saturated carbocycles. The predicted molar refractivity (Wildman–Crippen MR) is 192 cm³/mol. The Morgan fingerprint density at radius 2 is 0.795 bits per heavy atom. The van der Waals surface area contributed by atoms with E-state index in [0.29, 0.717) is 5.46 Å². The molecule has 0 fully saturated rings. The molecule has 6 aromatic carbocycles. The summed E-state index contributed by atoms with van der Waals surface area (Å²) >= 11 is 10.5. The molecule has 44 heavy (non-hydrogen) atoms. The van der Waals surface area contributed by atoms with Crippen LogP contribution in [-0.2, 0) is 0 Å². The van der Waals surface area contributed by atoms with Crippen LogP contribution in [0.15, 0.2) is 156 Å². The second kappa shape index (κ2) is 13.5. The van der Waals surface area contributed by atoms with Crippen LogP contribution in [0.1, 0.15) is 0 Å². The molecule has 4 nitrogen and oxygen atoms in total. The van der Waals surface area contributed by atoms with Crippen molar-refractivity contribution in [1.82, 2.24) is 0 Å². The first-order valence-electron chi connectivity index (χ1n) is 13.7. The smallest absolute Gasteiger partial charge is 0.456 e. The highest BCUT2D eigenvalue weighted by Gasteiger charge is 2.10. The maximum atomic E-state index is 8.58. The van der Waals surface area contributed by atoms with Crippen molar-refractivity contribution < 1.29 is 18.9 Å². The number of hydrogen-bond donors (Lipinski definition) is 2. The van der Waals surface area contributed by atoms with Gasteiger partial charge in [-0.05, 0) is 83.3 Å². The van der Waals surface area contributed by atoms with Gasteiger partial charge in [0, 0.05) is 35.0 Å². The molecular formula is C36H24BBr3O4. The summed E-state index contributed by atoms with van der Waals surface area (Å²) in [4.78, 5) is 0. The number of rotatable bonds is 2. The number of halogens is 3. The van der Waals surface area contributed by atoms with E-state index in [-0.39, 0.29) is 0 Å². The number of hydrogen-bond acceptors (Lipinski definition) is 4. The van der Waals surface area contributed by atoms with Gasteiger partial charge in [-0.3, -0.25) is 0 Å². The Hall–Kier alpha value is -3.66. The Morgan fingerprint density at radius 3 is 1.20 bits per heavy atom. The van der Waals surface area contributed by atoms with E-state index in [4.69, 9.17) is 18.9 Å². The van der Waals surface area contributed by atoms with Crippen molar-refractivity contribution >= 4 is 104 Å². The van der Waals surface area contributed by atoms with Gasteiger partial charge in [-0.15, -0.1) is 0 Å². The van der Waals surface area contributed by atoms with Gasteiger partial charge in [0.15, 0.2) is 0 Å². The highest BCUT2D eigenvalue weighted by atomic mass is 79.9. The lowest BCUT2D eigenvalue weighted by Gasteiger charge is -2.01. The third-order valence-corrected chi connectivity index (χ3v) is 8.51. The molecule has 2 heterocycles. The molecule has 8 rings (SSSR count). The van der Waals surface area contributed by atoms with Gasteiger partial charge < -0.3 is 18.9 Å². The van der Waals surface area contributed by atoms with E-state index >= 15 is 0 Å². The summed E-state index contributed by atoms with van der Waals surface area (Å²) in [6.07, 6.45) is 0. The predicted octanol–water partition coefficient (Wildman–Crippen LogP) is 10.5. The lowest BCUT2D eigenvalue weighted by atomic mass is 9.81. The maximum Gasteiger partial charge on any atom is 0.488 e. The molecular weight excluding hydrogens is 747 g/mol. The zero-order chi connectivity index (χ0) is 30.6. The van der Waals surface area contributed by atoms with Gasteiger partial charge in [0.2, 0.25) is 0 Å². The first-order chi connectivity index (χ1) is 21.4. The number of fused-ring (bicyclic) bond motifs is 6. The van der Waals surface area contributed by atoms with E-state index < -0.39 is 7.12 Å². The molecule has 0 aliphatic rings. The Labute approximate surface area is 279 Å². The van der Waals surface area contributed by atoms with Crippen LogP contribution in [0.4, 0.5) is 0 Å². The molecule has 0 bridgehead atoms. The summed E-state index contributed by atoms with van der Waals surface area (Å²) in [5.74, 6) is 0. The van der Waals surface area contributed by atoms with Crippen molar-refractivity contribution in [2.45, 2.75) is 0 Å². The van der Waals surface area contributed by atoms with Gasteiger partial charge in [0.1, 0.15) is 22.3 Å². The van der Waals surface area contributed by atoms with E-state index in [9.17, 15) is 0 Å². The molecule has 216 valence electrons. The molecule has 2 aromatic heterocycles. The van der Waals surface area contributed by atoms with Gasteiger partial charge in [0.05, 0.1) is 0 Å². The molecule has 0 aliphatic heterocycles. The summed E-state index contributed by atoms with van der Waals surface area (Å²) in [6.45, 7) is 0. The fraction of sp³-hybridized carbons (Fsp3) is 0. The summed E-state index contributed by atoms with van der Waals surface area (Å²) in [6, 6.07) is 43.6. The average Bonchev–Trinajstić information content (AvgIpc) is 3.59. The van der Waals surface area contributed by atoms with Crippen molar-refractivity contribution in [3.05, 3.63) is 147 Å². The second-order valence-electron chi connectivity index (χ2n) is 9.99. The van der Waals surface area contributed by atoms with Gasteiger partial charge in [-0.25, -0.2) is 0 Å². The molecule has 0 aliphatic carbocycles. The van der Waals surface area contributed by atoms with Crippen LogP contribution in [-0.4, -0.2) is 17.2 Å². The van der Waals surface area contributed by atoms with Crippen molar-refractivity contribution in [2.75, 3.05) is 0 Å². The van der Waals surface area contributed by atoms with Gasteiger partial charge in [-0.1, -0.05) is 115 Å². The van der Waals surface area contributed by atoms with E-state index in [1.807, 2.05) is 54.6 Å². The maximum absolute atomic E-state index is 8.58. The van der Waals surface area contributed by atoms with E-state index in [0.717, 1.165) is 57.3 Å². The van der Waals surface area contributed by atoms with Crippen LogP contribution < -0.4 is 5.46 Å². The van der Waals surface area contributed by atoms with Crippen molar-refractivity contribution in [1.29, 1.82) is 0 Å². The zero-order valence-electron chi connectivity index (χ0n) is 23.1. The van der Waals surface area contributed by atoms with Crippen LogP contribution in [0.5, 0.6) is 0 Å². The molecule has 8 aromatic rings. The van der Waals surface area contributed by atoms with Crippen LogP contribution in [0.3, 0.4) is 0 Å².